The molecule has 130 valence electrons. The summed E-state index contributed by atoms with van der Waals surface area (Å²) in [5.74, 6) is -1.65. The Morgan fingerprint density at radius 2 is 1.92 bits per heavy atom. The number of hydrogen-bond donors (Lipinski definition) is 2. The van der Waals surface area contributed by atoms with Gasteiger partial charge in [-0.25, -0.2) is 0 Å². The van der Waals surface area contributed by atoms with E-state index in [0.29, 0.717) is 13.0 Å². The largest absolute Gasteiger partial charge is 0.488 e. The fourth-order valence-corrected chi connectivity index (χ4v) is 2.29. The van der Waals surface area contributed by atoms with Crippen LogP contribution in [0.25, 0.3) is 0 Å². The number of amides is 2. The predicted octanol–water partition coefficient (Wildman–Crippen LogP) is 2.22. The number of primary amides is 1. The topological polar surface area (TPSA) is 81.4 Å². The molecule has 8 heteroatoms. The maximum absolute atomic E-state index is 12.9. The lowest BCUT2D eigenvalue weighted by molar-refractivity contribution is -0.138. The number of benzene rings is 1. The van der Waals surface area contributed by atoms with Crippen LogP contribution in [-0.4, -0.2) is 18.4 Å². The third-order valence-corrected chi connectivity index (χ3v) is 3.78. The van der Waals surface area contributed by atoms with Crippen molar-refractivity contribution in [1.29, 1.82) is 0 Å². The summed E-state index contributed by atoms with van der Waals surface area (Å²) in [4.78, 5) is 24.1. The summed E-state index contributed by atoms with van der Waals surface area (Å²) in [6, 6.07) is 4.12. The van der Waals surface area contributed by atoms with Crippen molar-refractivity contribution in [2.45, 2.75) is 31.5 Å². The molecule has 0 saturated heterocycles. The average molecular weight is 342 g/mol. The Labute approximate surface area is 136 Å². The molecule has 1 heterocycles. The van der Waals surface area contributed by atoms with E-state index in [4.69, 9.17) is 10.5 Å². The van der Waals surface area contributed by atoms with Crippen LogP contribution in [0.3, 0.4) is 0 Å². The van der Waals surface area contributed by atoms with Gasteiger partial charge >= 0.3 is 6.18 Å². The van der Waals surface area contributed by atoms with Gasteiger partial charge in [-0.15, -0.1) is 0 Å². The van der Waals surface area contributed by atoms with Crippen LogP contribution in [0.1, 0.15) is 30.9 Å². The van der Waals surface area contributed by atoms with E-state index in [1.807, 2.05) is 0 Å². The van der Waals surface area contributed by atoms with Crippen molar-refractivity contribution in [2.24, 2.45) is 5.73 Å². The Morgan fingerprint density at radius 1 is 1.25 bits per heavy atom. The molecule has 2 amide bonds. The summed E-state index contributed by atoms with van der Waals surface area (Å²) in [6.07, 6.45) is -1.61. The summed E-state index contributed by atoms with van der Waals surface area (Å²) in [7, 11) is 0. The minimum Gasteiger partial charge on any atom is -0.488 e. The van der Waals surface area contributed by atoms with Crippen LogP contribution < -0.4 is 11.1 Å². The lowest BCUT2D eigenvalue weighted by Gasteiger charge is -2.29. The van der Waals surface area contributed by atoms with E-state index in [9.17, 15) is 22.8 Å². The Bertz CT molecular complexity index is 685. The highest BCUT2D eigenvalue weighted by Gasteiger charge is 2.38. The van der Waals surface area contributed by atoms with E-state index in [0.717, 1.165) is 24.6 Å². The molecule has 0 fully saturated rings. The summed E-state index contributed by atoms with van der Waals surface area (Å²) >= 11 is 0. The molecule has 1 aliphatic rings. The number of halogens is 3. The Morgan fingerprint density at radius 3 is 2.46 bits per heavy atom. The molecule has 3 N–H and O–H groups in total. The van der Waals surface area contributed by atoms with Crippen LogP contribution in [-0.2, 0) is 26.0 Å². The van der Waals surface area contributed by atoms with Crippen molar-refractivity contribution >= 4 is 11.8 Å². The standard InChI is InChI=1S/C16H17F3N2O3/c1-15(14(20)23,21-13(22)12-7-2-3-8-24-12)10-5-4-6-11(9-10)16(17,18)19/h4-7,9H,2-3,8H2,1H3,(H2,20,23)(H,21,22). The van der Waals surface area contributed by atoms with Crippen LogP contribution >= 0.6 is 0 Å². The first-order valence-corrected chi connectivity index (χ1v) is 7.27. The maximum atomic E-state index is 12.9. The number of carbonyl (C=O) groups is 2. The molecule has 5 nitrogen and oxygen atoms in total. The van der Waals surface area contributed by atoms with E-state index in [-0.39, 0.29) is 11.3 Å². The quantitative estimate of drug-likeness (QED) is 0.880. The molecule has 1 aromatic rings. The molecular formula is C16H17F3N2O3. The van der Waals surface area contributed by atoms with Crippen molar-refractivity contribution in [3.8, 4) is 0 Å². The number of allylic oxidation sites excluding steroid dienone is 1. The van der Waals surface area contributed by atoms with Gasteiger partial charge in [0.1, 0.15) is 5.54 Å². The van der Waals surface area contributed by atoms with Gasteiger partial charge < -0.3 is 15.8 Å². The zero-order valence-corrected chi connectivity index (χ0v) is 12.9. The maximum Gasteiger partial charge on any atom is 0.416 e. The summed E-state index contributed by atoms with van der Waals surface area (Å²) in [6.45, 7) is 1.61. The van der Waals surface area contributed by atoms with Gasteiger partial charge in [-0.3, -0.25) is 9.59 Å². The van der Waals surface area contributed by atoms with Crippen LogP contribution in [0.15, 0.2) is 36.1 Å². The first-order chi connectivity index (χ1) is 11.1. The second kappa shape index (κ2) is 6.54. The number of nitrogens with one attached hydrogen (secondary N) is 1. The molecule has 0 aromatic heterocycles. The first-order valence-electron chi connectivity index (χ1n) is 7.27. The molecule has 0 bridgehead atoms. The van der Waals surface area contributed by atoms with Crippen LogP contribution in [0, 0.1) is 0 Å². The van der Waals surface area contributed by atoms with Crippen molar-refractivity contribution in [2.75, 3.05) is 6.61 Å². The fraction of sp³-hybridized carbons (Fsp3) is 0.375. The highest BCUT2D eigenvalue weighted by atomic mass is 19.4. The highest BCUT2D eigenvalue weighted by molar-refractivity contribution is 5.97. The number of carbonyl (C=O) groups excluding carboxylic acids is 2. The van der Waals surface area contributed by atoms with Crippen molar-refractivity contribution in [3.63, 3.8) is 0 Å². The van der Waals surface area contributed by atoms with Gasteiger partial charge in [0.25, 0.3) is 5.91 Å². The number of ether oxygens (including phenoxy) is 1. The van der Waals surface area contributed by atoms with Crippen molar-refractivity contribution in [3.05, 3.63) is 47.2 Å². The van der Waals surface area contributed by atoms with Crippen LogP contribution in [0.2, 0.25) is 0 Å². The summed E-state index contributed by atoms with van der Waals surface area (Å²) in [5.41, 5.74) is 2.54. The van der Waals surface area contributed by atoms with Gasteiger partial charge in [0.05, 0.1) is 12.2 Å². The van der Waals surface area contributed by atoms with Gasteiger partial charge in [0, 0.05) is 0 Å². The lowest BCUT2D eigenvalue weighted by atomic mass is 9.89. The number of hydrogen-bond acceptors (Lipinski definition) is 3. The molecule has 0 radical (unpaired) electrons. The minimum absolute atomic E-state index is 0.0284. The molecule has 2 rings (SSSR count). The van der Waals surface area contributed by atoms with E-state index < -0.39 is 29.1 Å². The average Bonchev–Trinajstić information content (AvgIpc) is 2.54. The Kier molecular flexibility index (Phi) is 4.86. The van der Waals surface area contributed by atoms with Crippen LogP contribution in [0.4, 0.5) is 13.2 Å². The molecule has 0 spiro atoms. The second-order valence-electron chi connectivity index (χ2n) is 5.58. The van der Waals surface area contributed by atoms with E-state index in [2.05, 4.69) is 5.32 Å². The van der Waals surface area contributed by atoms with Gasteiger partial charge in [-0.05, 0) is 43.5 Å². The first kappa shape index (κ1) is 17.8. The molecule has 1 atom stereocenters. The zero-order valence-electron chi connectivity index (χ0n) is 12.9. The number of rotatable bonds is 4. The molecule has 1 unspecified atom stereocenters. The van der Waals surface area contributed by atoms with E-state index in [1.54, 1.807) is 6.08 Å². The van der Waals surface area contributed by atoms with Crippen molar-refractivity contribution < 1.29 is 27.5 Å². The predicted molar refractivity (Wildman–Crippen MR) is 79.4 cm³/mol. The molecular weight excluding hydrogens is 325 g/mol. The summed E-state index contributed by atoms with van der Waals surface area (Å²) in [5, 5.41) is 2.38. The third kappa shape index (κ3) is 3.69. The molecule has 0 aliphatic carbocycles. The van der Waals surface area contributed by atoms with Crippen molar-refractivity contribution in [1.82, 2.24) is 5.32 Å². The van der Waals surface area contributed by atoms with Gasteiger partial charge in [-0.2, -0.15) is 13.2 Å². The van der Waals surface area contributed by atoms with Crippen LogP contribution in [0.5, 0.6) is 0 Å². The monoisotopic (exact) mass is 342 g/mol. The smallest absolute Gasteiger partial charge is 0.416 e. The molecule has 1 aromatic carbocycles. The van der Waals surface area contributed by atoms with Gasteiger partial charge in [0.15, 0.2) is 5.76 Å². The highest BCUT2D eigenvalue weighted by Crippen LogP contribution is 2.32. The zero-order chi connectivity index (χ0) is 18.0. The number of alkyl halides is 3. The Balaban J connectivity index is 2.35. The minimum atomic E-state index is -4.58. The lowest BCUT2D eigenvalue weighted by Crippen LogP contribution is -2.53. The molecule has 0 saturated carbocycles. The second-order valence-corrected chi connectivity index (χ2v) is 5.58. The number of nitrogens with two attached hydrogens (primary N) is 1. The van der Waals surface area contributed by atoms with Gasteiger partial charge in [0.2, 0.25) is 5.91 Å². The van der Waals surface area contributed by atoms with Gasteiger partial charge in [-0.1, -0.05) is 12.1 Å². The fourth-order valence-electron chi connectivity index (χ4n) is 2.29. The molecule has 24 heavy (non-hydrogen) atoms. The third-order valence-electron chi connectivity index (χ3n) is 3.78. The SMILES string of the molecule is CC(NC(=O)C1=CCCCO1)(C(N)=O)c1cccc(C(F)(F)F)c1. The summed E-state index contributed by atoms with van der Waals surface area (Å²) < 4.78 is 43.8. The Hall–Kier alpha value is -2.51. The normalized spacial score (nSPS) is 17.2. The van der Waals surface area contributed by atoms with E-state index >= 15 is 0 Å². The molecule has 1 aliphatic heterocycles. The van der Waals surface area contributed by atoms with E-state index in [1.165, 1.54) is 13.0 Å².